The molecule has 1 amide bonds. The maximum absolute atomic E-state index is 10.2. The molecule has 0 aliphatic carbocycles. The number of hydrogen-bond acceptors (Lipinski definition) is 3. The molecule has 0 saturated carbocycles. The van der Waals surface area contributed by atoms with E-state index in [0.717, 1.165) is 0 Å². The SMILES string of the molecule is Cc1cc(N(C)C=O)no1. The number of carbonyl (C=O) groups excluding carboxylic acids is 1. The van der Waals surface area contributed by atoms with E-state index in [1.807, 2.05) is 0 Å². The van der Waals surface area contributed by atoms with Crippen LogP contribution in [0.5, 0.6) is 0 Å². The summed E-state index contributed by atoms with van der Waals surface area (Å²) in [4.78, 5) is 11.5. The van der Waals surface area contributed by atoms with Crippen LogP contribution in [-0.2, 0) is 4.79 Å². The standard InChI is InChI=1S/C6H8N2O2/c1-5-3-6(7-10-5)8(2)4-9/h3-4H,1-2H3. The Kier molecular flexibility index (Phi) is 1.71. The van der Waals surface area contributed by atoms with Crippen molar-refractivity contribution in [3.63, 3.8) is 0 Å². The molecule has 0 fully saturated rings. The number of anilines is 1. The van der Waals surface area contributed by atoms with Gasteiger partial charge in [-0.15, -0.1) is 0 Å². The first-order valence-corrected chi connectivity index (χ1v) is 2.85. The lowest BCUT2D eigenvalue weighted by molar-refractivity contribution is -0.107. The van der Waals surface area contributed by atoms with E-state index in [-0.39, 0.29) is 0 Å². The molecule has 1 heterocycles. The molecule has 1 aromatic heterocycles. The van der Waals surface area contributed by atoms with Crippen LogP contribution in [0.4, 0.5) is 5.82 Å². The van der Waals surface area contributed by atoms with E-state index in [1.165, 1.54) is 4.90 Å². The largest absolute Gasteiger partial charge is 0.360 e. The Balaban J connectivity index is 2.84. The highest BCUT2D eigenvalue weighted by Crippen LogP contribution is 2.09. The van der Waals surface area contributed by atoms with Crippen LogP contribution in [0, 0.1) is 6.92 Å². The van der Waals surface area contributed by atoms with Gasteiger partial charge in [0.15, 0.2) is 5.82 Å². The van der Waals surface area contributed by atoms with Crippen LogP contribution in [0.3, 0.4) is 0 Å². The van der Waals surface area contributed by atoms with Gasteiger partial charge in [0.05, 0.1) is 0 Å². The van der Waals surface area contributed by atoms with E-state index in [0.29, 0.717) is 18.0 Å². The second kappa shape index (κ2) is 2.51. The Bertz CT molecular complexity index is 231. The van der Waals surface area contributed by atoms with Gasteiger partial charge in [0.2, 0.25) is 6.41 Å². The Morgan fingerprint density at radius 2 is 2.50 bits per heavy atom. The molecule has 0 aromatic carbocycles. The predicted octanol–water partition coefficient (Wildman–Crippen LogP) is 0.576. The molecular weight excluding hydrogens is 132 g/mol. The zero-order valence-corrected chi connectivity index (χ0v) is 5.87. The minimum Gasteiger partial charge on any atom is -0.360 e. The number of hydrogen-bond donors (Lipinski definition) is 0. The van der Waals surface area contributed by atoms with Gasteiger partial charge in [0.1, 0.15) is 5.76 Å². The van der Waals surface area contributed by atoms with Crippen molar-refractivity contribution in [2.24, 2.45) is 0 Å². The summed E-state index contributed by atoms with van der Waals surface area (Å²) in [6, 6.07) is 1.69. The summed E-state index contributed by atoms with van der Waals surface area (Å²) < 4.78 is 4.74. The average Bonchev–Trinajstić information content (AvgIpc) is 2.34. The topological polar surface area (TPSA) is 46.3 Å². The molecule has 0 bridgehead atoms. The van der Waals surface area contributed by atoms with E-state index in [4.69, 9.17) is 4.52 Å². The molecule has 4 heteroatoms. The van der Waals surface area contributed by atoms with Crippen LogP contribution in [0.1, 0.15) is 5.76 Å². The molecule has 0 radical (unpaired) electrons. The van der Waals surface area contributed by atoms with Crippen molar-refractivity contribution < 1.29 is 9.32 Å². The number of nitrogens with zero attached hydrogens (tertiary/aromatic N) is 2. The third kappa shape index (κ3) is 1.15. The van der Waals surface area contributed by atoms with E-state index in [2.05, 4.69) is 5.16 Å². The van der Waals surface area contributed by atoms with Crippen LogP contribution in [0.15, 0.2) is 10.6 Å². The van der Waals surface area contributed by atoms with Gasteiger partial charge in [-0.2, -0.15) is 0 Å². The van der Waals surface area contributed by atoms with E-state index >= 15 is 0 Å². The monoisotopic (exact) mass is 140 g/mol. The van der Waals surface area contributed by atoms with Crippen molar-refractivity contribution in [3.8, 4) is 0 Å². The van der Waals surface area contributed by atoms with Gasteiger partial charge in [-0.05, 0) is 6.92 Å². The van der Waals surface area contributed by atoms with Gasteiger partial charge in [-0.25, -0.2) is 0 Å². The minimum atomic E-state index is 0.535. The number of amides is 1. The quantitative estimate of drug-likeness (QED) is 0.564. The highest BCUT2D eigenvalue weighted by Gasteiger charge is 2.02. The number of rotatable bonds is 2. The molecule has 54 valence electrons. The van der Waals surface area contributed by atoms with Crippen LogP contribution in [0.2, 0.25) is 0 Å². The molecule has 0 aliphatic rings. The molecule has 0 aliphatic heterocycles. The van der Waals surface area contributed by atoms with Crippen LogP contribution >= 0.6 is 0 Å². The van der Waals surface area contributed by atoms with Crippen molar-refractivity contribution in [2.75, 3.05) is 11.9 Å². The molecule has 0 spiro atoms. The van der Waals surface area contributed by atoms with Gasteiger partial charge < -0.3 is 4.52 Å². The first-order valence-electron chi connectivity index (χ1n) is 2.85. The minimum absolute atomic E-state index is 0.535. The first kappa shape index (κ1) is 6.80. The summed E-state index contributed by atoms with van der Waals surface area (Å²) in [6.07, 6.45) is 0.678. The summed E-state index contributed by atoms with van der Waals surface area (Å²) in [5.41, 5.74) is 0. The predicted molar refractivity (Wildman–Crippen MR) is 35.7 cm³/mol. The Morgan fingerprint density at radius 1 is 1.80 bits per heavy atom. The molecule has 4 nitrogen and oxygen atoms in total. The first-order chi connectivity index (χ1) is 4.74. The lowest BCUT2D eigenvalue weighted by Crippen LogP contribution is -2.13. The molecule has 0 N–H and O–H groups in total. The lowest BCUT2D eigenvalue weighted by atomic mass is 10.5. The number of aryl methyl sites for hydroxylation is 1. The highest BCUT2D eigenvalue weighted by molar-refractivity contribution is 5.71. The van der Waals surface area contributed by atoms with Crippen LogP contribution in [0.25, 0.3) is 0 Å². The normalized spacial score (nSPS) is 9.40. The van der Waals surface area contributed by atoms with Gasteiger partial charge >= 0.3 is 0 Å². The van der Waals surface area contributed by atoms with Crippen molar-refractivity contribution in [1.29, 1.82) is 0 Å². The van der Waals surface area contributed by atoms with E-state index in [9.17, 15) is 4.79 Å². The Hall–Kier alpha value is -1.32. The molecule has 0 atom stereocenters. The van der Waals surface area contributed by atoms with Crippen molar-refractivity contribution in [2.45, 2.75) is 6.92 Å². The Morgan fingerprint density at radius 3 is 2.90 bits per heavy atom. The summed E-state index contributed by atoms with van der Waals surface area (Å²) in [7, 11) is 1.62. The fraction of sp³-hybridized carbons (Fsp3) is 0.333. The van der Waals surface area contributed by atoms with Gasteiger partial charge in [0.25, 0.3) is 0 Å². The second-order valence-corrected chi connectivity index (χ2v) is 2.01. The molecule has 10 heavy (non-hydrogen) atoms. The maximum Gasteiger partial charge on any atom is 0.215 e. The highest BCUT2D eigenvalue weighted by atomic mass is 16.5. The lowest BCUT2D eigenvalue weighted by Gasteiger charge is -2.01. The fourth-order valence-corrected chi connectivity index (χ4v) is 0.573. The average molecular weight is 140 g/mol. The molecule has 1 rings (SSSR count). The van der Waals surface area contributed by atoms with Crippen LogP contribution < -0.4 is 4.90 Å². The number of carbonyl (C=O) groups is 1. The van der Waals surface area contributed by atoms with Crippen molar-refractivity contribution >= 4 is 12.2 Å². The van der Waals surface area contributed by atoms with Gasteiger partial charge in [0, 0.05) is 13.1 Å². The summed E-state index contributed by atoms with van der Waals surface area (Å²) in [6.45, 7) is 1.77. The van der Waals surface area contributed by atoms with Crippen LogP contribution in [-0.4, -0.2) is 18.6 Å². The second-order valence-electron chi connectivity index (χ2n) is 2.01. The third-order valence-corrected chi connectivity index (χ3v) is 1.14. The summed E-state index contributed by atoms with van der Waals surface area (Å²) in [5, 5.41) is 3.61. The molecule has 1 aromatic rings. The zero-order valence-electron chi connectivity index (χ0n) is 5.87. The fourth-order valence-electron chi connectivity index (χ4n) is 0.573. The zero-order chi connectivity index (χ0) is 7.56. The summed E-state index contributed by atoms with van der Waals surface area (Å²) >= 11 is 0. The van der Waals surface area contributed by atoms with Crippen molar-refractivity contribution in [1.82, 2.24) is 5.16 Å². The van der Waals surface area contributed by atoms with E-state index in [1.54, 1.807) is 20.0 Å². The molecule has 0 unspecified atom stereocenters. The third-order valence-electron chi connectivity index (χ3n) is 1.14. The number of aromatic nitrogens is 1. The maximum atomic E-state index is 10.2. The Labute approximate surface area is 58.4 Å². The summed E-state index contributed by atoms with van der Waals surface area (Å²) in [5.74, 6) is 1.23. The smallest absolute Gasteiger partial charge is 0.215 e. The van der Waals surface area contributed by atoms with Gasteiger partial charge in [-0.3, -0.25) is 9.69 Å². The van der Waals surface area contributed by atoms with E-state index < -0.39 is 0 Å². The van der Waals surface area contributed by atoms with Gasteiger partial charge in [-0.1, -0.05) is 5.16 Å². The van der Waals surface area contributed by atoms with Crippen molar-refractivity contribution in [3.05, 3.63) is 11.8 Å². The molecule has 0 saturated heterocycles. The molecular formula is C6H8N2O2.